The highest BCUT2D eigenvalue weighted by atomic mass is 16.5. The predicted molar refractivity (Wildman–Crippen MR) is 85.0 cm³/mol. The van der Waals surface area contributed by atoms with Crippen molar-refractivity contribution in [3.63, 3.8) is 0 Å². The van der Waals surface area contributed by atoms with Gasteiger partial charge in [-0.15, -0.1) is 0 Å². The average Bonchev–Trinajstić information content (AvgIpc) is 2.50. The molecule has 21 heavy (non-hydrogen) atoms. The third kappa shape index (κ3) is 4.29. The number of piperidine rings is 1. The Kier molecular flexibility index (Phi) is 5.76. The Hall–Kier alpha value is -1.39. The molecule has 1 aliphatic heterocycles. The molecule has 0 spiro atoms. The molecule has 0 radical (unpaired) electrons. The van der Waals surface area contributed by atoms with Crippen LogP contribution in [0.4, 0.5) is 0 Å². The SMILES string of the molecule is CCOc1ccc(C(C)=O)cc1CN(C)C1CCNCC1. The summed E-state index contributed by atoms with van der Waals surface area (Å²) in [5.41, 5.74) is 1.86. The van der Waals surface area contributed by atoms with Gasteiger partial charge in [-0.2, -0.15) is 0 Å². The summed E-state index contributed by atoms with van der Waals surface area (Å²) in [6, 6.07) is 6.35. The number of hydrogen-bond acceptors (Lipinski definition) is 4. The maximum Gasteiger partial charge on any atom is 0.159 e. The Labute approximate surface area is 127 Å². The highest BCUT2D eigenvalue weighted by Crippen LogP contribution is 2.24. The zero-order chi connectivity index (χ0) is 15.2. The van der Waals surface area contributed by atoms with Gasteiger partial charge in [0.05, 0.1) is 6.61 Å². The minimum Gasteiger partial charge on any atom is -0.494 e. The van der Waals surface area contributed by atoms with Gasteiger partial charge in [-0.3, -0.25) is 9.69 Å². The number of benzene rings is 1. The molecule has 1 aromatic carbocycles. The molecule has 0 atom stereocenters. The van der Waals surface area contributed by atoms with Crippen molar-refractivity contribution in [3.8, 4) is 5.75 Å². The number of nitrogens with one attached hydrogen (secondary N) is 1. The van der Waals surface area contributed by atoms with E-state index in [1.807, 2.05) is 25.1 Å². The molecular formula is C17H26N2O2. The second kappa shape index (κ2) is 7.57. The van der Waals surface area contributed by atoms with Crippen LogP contribution in [0.3, 0.4) is 0 Å². The van der Waals surface area contributed by atoms with Crippen LogP contribution in [-0.4, -0.2) is 43.5 Å². The summed E-state index contributed by atoms with van der Waals surface area (Å²) in [6.07, 6.45) is 2.35. The fourth-order valence-electron chi connectivity index (χ4n) is 2.86. The van der Waals surface area contributed by atoms with Gasteiger partial charge >= 0.3 is 0 Å². The summed E-state index contributed by atoms with van der Waals surface area (Å²) in [5.74, 6) is 0.993. The van der Waals surface area contributed by atoms with Crippen molar-refractivity contribution >= 4 is 5.78 Å². The Morgan fingerprint density at radius 2 is 2.10 bits per heavy atom. The minimum atomic E-state index is 0.101. The van der Waals surface area contributed by atoms with Gasteiger partial charge in [0.15, 0.2) is 5.78 Å². The Morgan fingerprint density at radius 1 is 1.38 bits per heavy atom. The van der Waals surface area contributed by atoms with Gasteiger partial charge in [0.25, 0.3) is 0 Å². The Bertz CT molecular complexity index is 482. The molecule has 0 aliphatic carbocycles. The van der Waals surface area contributed by atoms with Crippen LogP contribution in [0.5, 0.6) is 5.75 Å². The summed E-state index contributed by atoms with van der Waals surface area (Å²) in [5, 5.41) is 3.39. The van der Waals surface area contributed by atoms with E-state index in [0.29, 0.717) is 12.6 Å². The van der Waals surface area contributed by atoms with Gasteiger partial charge in [0.2, 0.25) is 0 Å². The molecule has 1 aromatic rings. The highest BCUT2D eigenvalue weighted by molar-refractivity contribution is 5.94. The normalized spacial score (nSPS) is 16.2. The summed E-state index contributed by atoms with van der Waals surface area (Å²) in [4.78, 5) is 14.0. The smallest absolute Gasteiger partial charge is 0.159 e. The van der Waals surface area contributed by atoms with Gasteiger partial charge in [0, 0.05) is 23.7 Å². The lowest BCUT2D eigenvalue weighted by Crippen LogP contribution is -2.40. The van der Waals surface area contributed by atoms with E-state index < -0.39 is 0 Å². The molecule has 2 rings (SSSR count). The maximum atomic E-state index is 11.6. The van der Waals surface area contributed by atoms with E-state index in [-0.39, 0.29) is 5.78 Å². The third-order valence-corrected chi connectivity index (χ3v) is 4.12. The minimum absolute atomic E-state index is 0.101. The van der Waals surface area contributed by atoms with Gasteiger partial charge in [0.1, 0.15) is 5.75 Å². The van der Waals surface area contributed by atoms with E-state index in [2.05, 4.69) is 17.3 Å². The van der Waals surface area contributed by atoms with Crippen LogP contribution in [0.15, 0.2) is 18.2 Å². The first kappa shape index (κ1) is 16.0. The molecule has 4 heteroatoms. The molecule has 1 saturated heterocycles. The van der Waals surface area contributed by atoms with Crippen molar-refractivity contribution in [1.82, 2.24) is 10.2 Å². The standard InChI is InChI=1S/C17H26N2O2/c1-4-21-17-6-5-14(13(2)20)11-15(17)12-19(3)16-7-9-18-10-8-16/h5-6,11,16,18H,4,7-10,12H2,1-3H3. The molecule has 116 valence electrons. The first-order valence-corrected chi connectivity index (χ1v) is 7.79. The molecule has 0 aromatic heterocycles. The van der Waals surface area contributed by atoms with Crippen LogP contribution in [-0.2, 0) is 6.54 Å². The number of ether oxygens (including phenoxy) is 1. The number of carbonyl (C=O) groups excluding carboxylic acids is 1. The van der Waals surface area contributed by atoms with Crippen molar-refractivity contribution in [1.29, 1.82) is 0 Å². The first-order chi connectivity index (χ1) is 10.1. The third-order valence-electron chi connectivity index (χ3n) is 4.12. The molecule has 0 saturated carbocycles. The van der Waals surface area contributed by atoms with E-state index in [1.165, 1.54) is 12.8 Å². The number of carbonyl (C=O) groups is 1. The molecule has 0 amide bonds. The number of nitrogens with zero attached hydrogens (tertiary/aromatic N) is 1. The predicted octanol–water partition coefficient (Wildman–Crippen LogP) is 2.47. The second-order valence-electron chi connectivity index (χ2n) is 5.71. The van der Waals surface area contributed by atoms with Crippen molar-refractivity contribution in [2.45, 2.75) is 39.3 Å². The average molecular weight is 290 g/mol. The topological polar surface area (TPSA) is 41.6 Å². The molecule has 4 nitrogen and oxygen atoms in total. The molecule has 0 unspecified atom stereocenters. The summed E-state index contributed by atoms with van der Waals surface area (Å²) in [7, 11) is 2.16. The van der Waals surface area contributed by atoms with Crippen molar-refractivity contribution in [2.75, 3.05) is 26.7 Å². The Morgan fingerprint density at radius 3 is 2.71 bits per heavy atom. The van der Waals surface area contributed by atoms with Crippen molar-refractivity contribution in [3.05, 3.63) is 29.3 Å². The number of Topliss-reactive ketones (excluding diaryl/α,β-unsaturated/α-hetero) is 1. The zero-order valence-corrected chi connectivity index (χ0v) is 13.3. The molecular weight excluding hydrogens is 264 g/mol. The monoisotopic (exact) mass is 290 g/mol. The van der Waals surface area contributed by atoms with Gasteiger partial charge in [-0.1, -0.05) is 0 Å². The summed E-state index contributed by atoms with van der Waals surface area (Å²) in [6.45, 7) is 7.22. The van der Waals surface area contributed by atoms with Crippen LogP contribution in [0, 0.1) is 0 Å². The van der Waals surface area contributed by atoms with Gasteiger partial charge < -0.3 is 10.1 Å². The fourth-order valence-corrected chi connectivity index (χ4v) is 2.86. The summed E-state index contributed by atoms with van der Waals surface area (Å²) >= 11 is 0. The van der Waals surface area contributed by atoms with Crippen LogP contribution < -0.4 is 10.1 Å². The fraction of sp³-hybridized carbons (Fsp3) is 0.588. The number of rotatable bonds is 6. The van der Waals surface area contributed by atoms with Crippen LogP contribution in [0.1, 0.15) is 42.6 Å². The Balaban J connectivity index is 2.15. The second-order valence-corrected chi connectivity index (χ2v) is 5.71. The van der Waals surface area contributed by atoms with Crippen LogP contribution >= 0.6 is 0 Å². The van der Waals surface area contributed by atoms with Crippen LogP contribution in [0.2, 0.25) is 0 Å². The molecule has 1 N–H and O–H groups in total. The van der Waals surface area contributed by atoms with E-state index in [0.717, 1.165) is 36.5 Å². The van der Waals surface area contributed by atoms with E-state index in [4.69, 9.17) is 4.74 Å². The molecule has 0 bridgehead atoms. The van der Waals surface area contributed by atoms with Gasteiger partial charge in [-0.05, 0) is 65.0 Å². The number of ketones is 1. The van der Waals surface area contributed by atoms with E-state index >= 15 is 0 Å². The van der Waals surface area contributed by atoms with Crippen molar-refractivity contribution < 1.29 is 9.53 Å². The van der Waals surface area contributed by atoms with E-state index in [9.17, 15) is 4.79 Å². The van der Waals surface area contributed by atoms with E-state index in [1.54, 1.807) is 6.92 Å². The first-order valence-electron chi connectivity index (χ1n) is 7.79. The quantitative estimate of drug-likeness (QED) is 0.817. The lowest BCUT2D eigenvalue weighted by molar-refractivity contribution is 0.101. The molecule has 1 heterocycles. The zero-order valence-electron chi connectivity index (χ0n) is 13.3. The molecule has 1 fully saturated rings. The molecule has 1 aliphatic rings. The lowest BCUT2D eigenvalue weighted by atomic mass is 10.0. The lowest BCUT2D eigenvalue weighted by Gasteiger charge is -2.32. The number of hydrogen-bond donors (Lipinski definition) is 1. The largest absolute Gasteiger partial charge is 0.494 e. The maximum absolute atomic E-state index is 11.6. The highest BCUT2D eigenvalue weighted by Gasteiger charge is 2.19. The van der Waals surface area contributed by atoms with Crippen LogP contribution in [0.25, 0.3) is 0 Å². The van der Waals surface area contributed by atoms with Gasteiger partial charge in [-0.25, -0.2) is 0 Å². The van der Waals surface area contributed by atoms with Crippen molar-refractivity contribution in [2.24, 2.45) is 0 Å². The summed E-state index contributed by atoms with van der Waals surface area (Å²) < 4.78 is 5.71.